The zero-order valence-electron chi connectivity index (χ0n) is 23.3. The molecule has 0 radical (unpaired) electrons. The van der Waals surface area contributed by atoms with Crippen LogP contribution in [0.5, 0.6) is 11.5 Å². The van der Waals surface area contributed by atoms with E-state index >= 15 is 0 Å². The second-order valence-electron chi connectivity index (χ2n) is 8.96. The molecule has 0 unspecified atom stereocenters. The molecular weight excluding hydrogens is 770 g/mol. The van der Waals surface area contributed by atoms with Crippen LogP contribution in [0.1, 0.15) is 27.9 Å². The molecule has 0 saturated carbocycles. The molecule has 0 aromatic carbocycles. The quantitative estimate of drug-likeness (QED) is 0.149. The molecule has 6 heterocycles. The number of halogens is 2. The van der Waals surface area contributed by atoms with Crippen LogP contribution in [0.2, 0.25) is 0 Å². The average molecular weight is 789 g/mol. The highest BCUT2D eigenvalue weighted by atomic mass is 79.9. The summed E-state index contributed by atoms with van der Waals surface area (Å²) >= 11 is 9.14. The minimum absolute atomic E-state index is 0.100. The van der Waals surface area contributed by atoms with Gasteiger partial charge in [-0.25, -0.2) is 24.7 Å². The Morgan fingerprint density at radius 1 is 0.804 bits per heavy atom. The molecule has 4 N–H and O–H groups in total. The number of carboxylic acids is 1. The molecule has 18 heteroatoms. The summed E-state index contributed by atoms with van der Waals surface area (Å²) in [5, 5.41) is 32.6. The van der Waals surface area contributed by atoms with E-state index in [4.69, 9.17) is 9.84 Å². The summed E-state index contributed by atoms with van der Waals surface area (Å²) in [6.07, 6.45) is 9.44. The van der Waals surface area contributed by atoms with Crippen molar-refractivity contribution in [2.75, 3.05) is 13.2 Å². The number of hydrogen-bond acceptors (Lipinski definition) is 14. The van der Waals surface area contributed by atoms with Crippen LogP contribution in [0, 0.1) is 0 Å². The van der Waals surface area contributed by atoms with E-state index in [0.29, 0.717) is 30.4 Å². The number of ether oxygens (including phenoxy) is 1. The summed E-state index contributed by atoms with van der Waals surface area (Å²) in [7, 11) is 0. The molecule has 0 atom stereocenters. The fourth-order valence-electron chi connectivity index (χ4n) is 3.83. The highest BCUT2D eigenvalue weighted by Gasteiger charge is 2.21. The number of carboxylic acid groups (broad SMARTS) is 1. The highest BCUT2D eigenvalue weighted by Crippen LogP contribution is 2.38. The lowest BCUT2D eigenvalue weighted by atomic mass is 10.3. The van der Waals surface area contributed by atoms with Gasteiger partial charge >= 0.3 is 11.9 Å². The summed E-state index contributed by atoms with van der Waals surface area (Å²) in [5.74, 6) is -3.15. The van der Waals surface area contributed by atoms with E-state index < -0.39 is 24.4 Å². The van der Waals surface area contributed by atoms with Gasteiger partial charge in [0, 0.05) is 44.9 Å². The first-order valence-corrected chi connectivity index (χ1v) is 16.1. The minimum Gasteiger partial charge on any atom is -0.504 e. The van der Waals surface area contributed by atoms with Crippen LogP contribution in [0.3, 0.4) is 0 Å². The number of rotatable bonds is 7. The number of carbonyl (C=O) groups excluding carboxylic acids is 2. The zero-order chi connectivity index (χ0) is 33.0. The number of aliphatic carboxylic acids is 1. The Kier molecular flexibility index (Phi) is 10.1. The molecule has 0 aliphatic carbocycles. The zero-order valence-corrected chi connectivity index (χ0v) is 28.1. The molecule has 0 fully saturated rings. The number of pyridine rings is 4. The molecule has 0 saturated heterocycles. The van der Waals surface area contributed by atoms with Gasteiger partial charge in [-0.05, 0) is 50.9 Å². The molecular formula is C28H19Br2N7O7S2. The maximum atomic E-state index is 11.9. The van der Waals surface area contributed by atoms with Crippen LogP contribution in [-0.4, -0.2) is 76.2 Å². The lowest BCUT2D eigenvalue weighted by Gasteiger charge is -2.03. The van der Waals surface area contributed by atoms with E-state index in [1.165, 1.54) is 35.1 Å². The molecule has 14 nitrogen and oxygen atoms in total. The first-order valence-electron chi connectivity index (χ1n) is 12.9. The first kappa shape index (κ1) is 32.7. The Balaban J connectivity index is 0.000000182. The number of carbonyl (C=O) groups is 3. The Labute approximate surface area is 283 Å². The standard InChI is InChI=1S/C14H9BrN4O4S.C14H10BrN3O3S/c15-7-1-6(2-16-3-7)14-19-8-4-17-10(11(22)12(8)24-14)13(23)18-5-9(20)21;1-2-21-14(20)10-11(19)12-9(6-17-10)18-13(22-12)7-3-8(15)5-16-4-7/h1-4,22H,5H2,(H,18,23)(H,20,21);3-6,19H,2H2,1H3. The largest absolute Gasteiger partial charge is 0.504 e. The fourth-order valence-corrected chi connectivity index (χ4v) is 6.48. The van der Waals surface area contributed by atoms with E-state index in [0.717, 1.165) is 20.1 Å². The van der Waals surface area contributed by atoms with Crippen molar-refractivity contribution < 1.29 is 34.4 Å². The Bertz CT molecular complexity index is 2120. The van der Waals surface area contributed by atoms with Crippen LogP contribution < -0.4 is 5.32 Å². The van der Waals surface area contributed by atoms with Crippen LogP contribution in [0.15, 0.2) is 58.3 Å². The Morgan fingerprint density at radius 2 is 1.30 bits per heavy atom. The van der Waals surface area contributed by atoms with Crippen LogP contribution >= 0.6 is 54.5 Å². The van der Waals surface area contributed by atoms with Gasteiger partial charge in [0.05, 0.1) is 19.0 Å². The van der Waals surface area contributed by atoms with Gasteiger partial charge in [-0.2, -0.15) is 0 Å². The summed E-state index contributed by atoms with van der Waals surface area (Å²) in [6, 6.07) is 3.71. The van der Waals surface area contributed by atoms with Gasteiger partial charge in [0.1, 0.15) is 37.0 Å². The van der Waals surface area contributed by atoms with Crippen molar-refractivity contribution in [2.45, 2.75) is 6.92 Å². The third kappa shape index (κ3) is 7.25. The molecule has 6 aromatic heterocycles. The maximum Gasteiger partial charge on any atom is 0.360 e. The molecule has 0 bridgehead atoms. The molecule has 46 heavy (non-hydrogen) atoms. The number of hydrogen-bond donors (Lipinski definition) is 4. The third-order valence-corrected chi connectivity index (χ3v) is 8.93. The van der Waals surface area contributed by atoms with Gasteiger partial charge in [0.2, 0.25) is 0 Å². The summed E-state index contributed by atoms with van der Waals surface area (Å²) < 4.78 is 7.37. The van der Waals surface area contributed by atoms with Gasteiger partial charge in [-0.1, -0.05) is 0 Å². The lowest BCUT2D eigenvalue weighted by molar-refractivity contribution is -0.135. The highest BCUT2D eigenvalue weighted by molar-refractivity contribution is 9.10. The predicted molar refractivity (Wildman–Crippen MR) is 176 cm³/mol. The van der Waals surface area contributed by atoms with Crippen LogP contribution in [-0.2, 0) is 9.53 Å². The number of nitrogens with one attached hydrogen (secondary N) is 1. The molecule has 234 valence electrons. The number of amides is 1. The molecule has 0 aliphatic rings. The third-order valence-electron chi connectivity index (χ3n) is 5.81. The van der Waals surface area contributed by atoms with E-state index in [1.54, 1.807) is 31.7 Å². The van der Waals surface area contributed by atoms with E-state index in [9.17, 15) is 24.6 Å². The van der Waals surface area contributed by atoms with E-state index in [2.05, 4.69) is 67.1 Å². The van der Waals surface area contributed by atoms with Crippen molar-refractivity contribution in [2.24, 2.45) is 0 Å². The van der Waals surface area contributed by atoms with Crippen molar-refractivity contribution in [3.8, 4) is 32.6 Å². The second-order valence-corrected chi connectivity index (χ2v) is 12.8. The molecule has 0 spiro atoms. The molecule has 1 amide bonds. The van der Waals surface area contributed by atoms with Gasteiger partial charge in [0.25, 0.3) is 5.91 Å². The topological polar surface area (TPSA) is 210 Å². The fraction of sp³-hybridized carbons (Fsp3) is 0.107. The van der Waals surface area contributed by atoms with Gasteiger partial charge < -0.3 is 25.4 Å². The van der Waals surface area contributed by atoms with Gasteiger partial charge in [-0.3, -0.25) is 19.6 Å². The maximum absolute atomic E-state index is 11.9. The van der Waals surface area contributed by atoms with E-state index in [1.807, 2.05) is 12.1 Å². The van der Waals surface area contributed by atoms with Crippen molar-refractivity contribution in [1.29, 1.82) is 0 Å². The smallest absolute Gasteiger partial charge is 0.360 e. The normalized spacial score (nSPS) is 10.8. The minimum atomic E-state index is -1.19. The predicted octanol–water partition coefficient (Wildman–Crippen LogP) is 5.43. The number of esters is 1. The van der Waals surface area contributed by atoms with Crippen molar-refractivity contribution in [3.63, 3.8) is 0 Å². The lowest BCUT2D eigenvalue weighted by Crippen LogP contribution is -2.29. The van der Waals surface area contributed by atoms with Crippen LogP contribution in [0.25, 0.3) is 41.6 Å². The van der Waals surface area contributed by atoms with Gasteiger partial charge in [0.15, 0.2) is 22.9 Å². The number of thiazole rings is 2. The average Bonchev–Trinajstić information content (AvgIpc) is 3.67. The second kappa shape index (κ2) is 14.2. The Morgan fingerprint density at radius 3 is 1.78 bits per heavy atom. The van der Waals surface area contributed by atoms with Crippen LogP contribution in [0.4, 0.5) is 0 Å². The Hall–Kier alpha value is -4.65. The summed E-state index contributed by atoms with van der Waals surface area (Å²) in [5.41, 5.74) is 2.17. The number of nitrogens with zero attached hydrogens (tertiary/aromatic N) is 6. The number of fused-ring (bicyclic) bond motifs is 2. The van der Waals surface area contributed by atoms with Crippen molar-refractivity contribution in [3.05, 3.63) is 69.6 Å². The summed E-state index contributed by atoms with van der Waals surface area (Å²) in [6.45, 7) is 1.35. The van der Waals surface area contributed by atoms with E-state index in [-0.39, 0.29) is 29.5 Å². The molecule has 6 rings (SSSR count). The number of aromatic nitrogens is 6. The summed E-state index contributed by atoms with van der Waals surface area (Å²) in [4.78, 5) is 58.9. The first-order chi connectivity index (χ1) is 22.0. The number of aromatic hydroxyl groups is 2. The monoisotopic (exact) mass is 787 g/mol. The van der Waals surface area contributed by atoms with Crippen molar-refractivity contribution in [1.82, 2.24) is 35.2 Å². The molecule has 0 aliphatic heterocycles. The van der Waals surface area contributed by atoms with Crippen molar-refractivity contribution >= 4 is 92.8 Å². The molecule has 6 aromatic rings. The van der Waals surface area contributed by atoms with Gasteiger partial charge in [-0.15, -0.1) is 22.7 Å². The SMILES string of the molecule is CCOC(=O)c1ncc2nc(-c3cncc(Br)c3)sc2c1O.O=C(O)CNC(=O)c1ncc2nc(-c3cncc(Br)c3)sc2c1O.